The van der Waals surface area contributed by atoms with Crippen molar-refractivity contribution in [3.63, 3.8) is 0 Å². The molecule has 0 bridgehead atoms. The van der Waals surface area contributed by atoms with Crippen molar-refractivity contribution in [2.24, 2.45) is 11.8 Å². The van der Waals surface area contributed by atoms with Crippen molar-refractivity contribution < 1.29 is 4.79 Å². The summed E-state index contributed by atoms with van der Waals surface area (Å²) in [7, 11) is 0. The van der Waals surface area contributed by atoms with Crippen molar-refractivity contribution in [1.29, 1.82) is 0 Å². The fourth-order valence-corrected chi connectivity index (χ4v) is 2.92. The molecule has 142 valence electrons. The number of piperidine rings is 1. The highest BCUT2D eigenvalue weighted by Gasteiger charge is 2.20. The number of anilines is 1. The topological polar surface area (TPSA) is 57.3 Å². The molecule has 0 atom stereocenters. The SMILES string of the molecule is CC1CCN(c2ccc(CNC(=O)CNCC3CC3)cn2)CC1.Cl.Cl. The molecule has 25 heavy (non-hydrogen) atoms. The Morgan fingerprint density at radius 2 is 1.92 bits per heavy atom. The largest absolute Gasteiger partial charge is 0.357 e. The number of nitrogens with zero attached hydrogens (tertiary/aromatic N) is 2. The summed E-state index contributed by atoms with van der Waals surface area (Å²) in [6.07, 6.45) is 6.98. The first-order valence-corrected chi connectivity index (χ1v) is 8.88. The molecule has 1 aliphatic carbocycles. The van der Waals surface area contributed by atoms with E-state index in [1.807, 2.05) is 6.20 Å². The van der Waals surface area contributed by atoms with Gasteiger partial charge in [-0.3, -0.25) is 4.79 Å². The Labute approximate surface area is 163 Å². The third-order valence-electron chi connectivity index (χ3n) is 4.82. The van der Waals surface area contributed by atoms with E-state index in [0.29, 0.717) is 13.1 Å². The van der Waals surface area contributed by atoms with Crippen molar-refractivity contribution in [2.45, 2.75) is 39.2 Å². The number of hydrogen-bond acceptors (Lipinski definition) is 4. The fourth-order valence-electron chi connectivity index (χ4n) is 2.92. The van der Waals surface area contributed by atoms with Crippen LogP contribution in [0.25, 0.3) is 0 Å². The molecule has 0 aromatic carbocycles. The zero-order valence-corrected chi connectivity index (χ0v) is 16.5. The molecule has 2 fully saturated rings. The van der Waals surface area contributed by atoms with E-state index >= 15 is 0 Å². The number of hydrogen-bond donors (Lipinski definition) is 2. The van der Waals surface area contributed by atoms with Crippen LogP contribution in [-0.2, 0) is 11.3 Å². The molecule has 2 heterocycles. The van der Waals surface area contributed by atoms with Gasteiger partial charge in [0.2, 0.25) is 5.91 Å². The van der Waals surface area contributed by atoms with E-state index in [4.69, 9.17) is 0 Å². The fraction of sp³-hybridized carbons (Fsp3) is 0.667. The Kier molecular flexibility index (Phi) is 9.54. The molecule has 1 amide bonds. The molecule has 1 aromatic heterocycles. The van der Waals surface area contributed by atoms with E-state index < -0.39 is 0 Å². The van der Waals surface area contributed by atoms with Gasteiger partial charge in [-0.05, 0) is 55.7 Å². The summed E-state index contributed by atoms with van der Waals surface area (Å²) < 4.78 is 0. The first kappa shape index (κ1) is 22.0. The summed E-state index contributed by atoms with van der Waals surface area (Å²) in [5.74, 6) is 2.74. The van der Waals surface area contributed by atoms with Gasteiger partial charge in [0.15, 0.2) is 0 Å². The minimum absolute atomic E-state index is 0. The number of halogens is 2. The number of amides is 1. The van der Waals surface area contributed by atoms with Gasteiger partial charge < -0.3 is 15.5 Å². The van der Waals surface area contributed by atoms with E-state index in [1.54, 1.807) is 0 Å². The average Bonchev–Trinajstić information content (AvgIpc) is 3.39. The lowest BCUT2D eigenvalue weighted by molar-refractivity contribution is -0.120. The molecule has 7 heteroatoms. The van der Waals surface area contributed by atoms with E-state index in [2.05, 4.69) is 39.6 Å². The first-order valence-electron chi connectivity index (χ1n) is 8.88. The maximum atomic E-state index is 11.8. The smallest absolute Gasteiger partial charge is 0.234 e. The minimum atomic E-state index is 0. The maximum absolute atomic E-state index is 11.8. The normalized spacial score (nSPS) is 17.4. The van der Waals surface area contributed by atoms with Gasteiger partial charge >= 0.3 is 0 Å². The summed E-state index contributed by atoms with van der Waals surface area (Å²) in [5.41, 5.74) is 1.05. The summed E-state index contributed by atoms with van der Waals surface area (Å²) in [6, 6.07) is 4.14. The van der Waals surface area contributed by atoms with Crippen LogP contribution in [0.3, 0.4) is 0 Å². The van der Waals surface area contributed by atoms with Crippen molar-refractivity contribution >= 4 is 36.5 Å². The maximum Gasteiger partial charge on any atom is 0.234 e. The summed E-state index contributed by atoms with van der Waals surface area (Å²) in [6.45, 7) is 6.43. The minimum Gasteiger partial charge on any atom is -0.357 e. The van der Waals surface area contributed by atoms with Gasteiger partial charge in [0.1, 0.15) is 5.82 Å². The molecule has 1 aliphatic heterocycles. The highest BCUT2D eigenvalue weighted by Crippen LogP contribution is 2.27. The Morgan fingerprint density at radius 3 is 2.52 bits per heavy atom. The first-order chi connectivity index (χ1) is 11.2. The molecule has 5 nitrogen and oxygen atoms in total. The molecule has 1 saturated heterocycles. The number of rotatable bonds is 7. The Bertz CT molecular complexity index is 514. The van der Waals surface area contributed by atoms with Gasteiger partial charge in [-0.25, -0.2) is 4.98 Å². The predicted octanol–water partition coefficient (Wildman–Crippen LogP) is 2.78. The Hall–Kier alpha value is -1.04. The molecular weight excluding hydrogens is 359 g/mol. The highest BCUT2D eigenvalue weighted by atomic mass is 35.5. The van der Waals surface area contributed by atoms with Crippen molar-refractivity contribution in [3.8, 4) is 0 Å². The van der Waals surface area contributed by atoms with Crippen molar-refractivity contribution in [3.05, 3.63) is 23.9 Å². The standard InChI is InChI=1S/C18H28N4O.2ClH/c1-14-6-8-22(9-7-14)17-5-4-16(11-20-17)12-21-18(23)13-19-10-15-2-3-15;;/h4-5,11,14-15,19H,2-3,6-10,12-13H2,1H3,(H,21,23);2*1H. The van der Waals surface area contributed by atoms with E-state index in [9.17, 15) is 4.79 Å². The molecule has 0 unspecified atom stereocenters. The van der Waals surface area contributed by atoms with Crippen LogP contribution in [0.5, 0.6) is 0 Å². The second-order valence-electron chi connectivity index (χ2n) is 7.05. The van der Waals surface area contributed by atoms with Gasteiger partial charge in [0.25, 0.3) is 0 Å². The predicted molar refractivity (Wildman–Crippen MR) is 107 cm³/mol. The van der Waals surface area contributed by atoms with Crippen molar-refractivity contribution in [1.82, 2.24) is 15.6 Å². The van der Waals surface area contributed by atoms with Crippen LogP contribution in [0.2, 0.25) is 0 Å². The Balaban J connectivity index is 0.00000156. The van der Waals surface area contributed by atoms with Crippen LogP contribution in [0.4, 0.5) is 5.82 Å². The van der Waals surface area contributed by atoms with Crippen LogP contribution in [0.1, 0.15) is 38.2 Å². The monoisotopic (exact) mass is 388 g/mol. The van der Waals surface area contributed by atoms with Gasteiger partial charge in [-0.2, -0.15) is 0 Å². The van der Waals surface area contributed by atoms with Crippen LogP contribution in [-0.4, -0.2) is 37.1 Å². The molecule has 2 N–H and O–H groups in total. The number of aromatic nitrogens is 1. The molecule has 3 rings (SSSR count). The third kappa shape index (κ3) is 7.38. The second-order valence-corrected chi connectivity index (χ2v) is 7.05. The van der Waals surface area contributed by atoms with Crippen LogP contribution >= 0.6 is 24.8 Å². The quantitative estimate of drug-likeness (QED) is 0.753. The molecular formula is C18H30Cl2N4O. The summed E-state index contributed by atoms with van der Waals surface area (Å²) in [5, 5.41) is 6.15. The number of carbonyl (C=O) groups excluding carboxylic acids is 1. The van der Waals surface area contributed by atoms with Gasteiger partial charge in [0, 0.05) is 25.8 Å². The molecule has 2 aliphatic rings. The van der Waals surface area contributed by atoms with Crippen molar-refractivity contribution in [2.75, 3.05) is 31.1 Å². The zero-order valence-electron chi connectivity index (χ0n) is 14.9. The van der Waals surface area contributed by atoms with Gasteiger partial charge in [0.05, 0.1) is 6.54 Å². The molecule has 1 saturated carbocycles. The lowest BCUT2D eigenvalue weighted by atomic mass is 9.99. The second kappa shape index (κ2) is 10.8. The van der Waals surface area contributed by atoms with E-state index in [-0.39, 0.29) is 30.7 Å². The van der Waals surface area contributed by atoms with Gasteiger partial charge in [-0.1, -0.05) is 13.0 Å². The van der Waals surface area contributed by atoms with E-state index in [0.717, 1.165) is 42.9 Å². The summed E-state index contributed by atoms with van der Waals surface area (Å²) in [4.78, 5) is 18.7. The molecule has 0 spiro atoms. The van der Waals surface area contributed by atoms with Crippen LogP contribution in [0.15, 0.2) is 18.3 Å². The van der Waals surface area contributed by atoms with Gasteiger partial charge in [-0.15, -0.1) is 24.8 Å². The van der Waals surface area contributed by atoms with Crippen LogP contribution < -0.4 is 15.5 Å². The van der Waals surface area contributed by atoms with E-state index in [1.165, 1.54) is 25.7 Å². The van der Waals surface area contributed by atoms with Crippen LogP contribution in [0, 0.1) is 11.8 Å². The Morgan fingerprint density at radius 1 is 1.20 bits per heavy atom. The zero-order chi connectivity index (χ0) is 16.1. The average molecular weight is 389 g/mol. The lowest BCUT2D eigenvalue weighted by Crippen LogP contribution is -2.34. The number of pyridine rings is 1. The highest BCUT2D eigenvalue weighted by molar-refractivity contribution is 5.85. The summed E-state index contributed by atoms with van der Waals surface area (Å²) >= 11 is 0. The lowest BCUT2D eigenvalue weighted by Gasteiger charge is -2.31. The number of nitrogens with one attached hydrogen (secondary N) is 2. The number of carbonyl (C=O) groups is 1. The molecule has 0 radical (unpaired) electrons. The molecule has 1 aromatic rings. The third-order valence-corrected chi connectivity index (χ3v) is 4.82.